The first-order valence-electron chi connectivity index (χ1n) is 7.86. The Hall–Kier alpha value is -1.63. The fourth-order valence-corrected chi connectivity index (χ4v) is 3.49. The summed E-state index contributed by atoms with van der Waals surface area (Å²) < 4.78 is 0. The molecule has 1 saturated heterocycles. The van der Waals surface area contributed by atoms with Crippen LogP contribution in [0.3, 0.4) is 0 Å². The third-order valence-corrected chi connectivity index (χ3v) is 4.96. The van der Waals surface area contributed by atoms with Gasteiger partial charge in [-0.2, -0.15) is 0 Å². The van der Waals surface area contributed by atoms with Gasteiger partial charge in [-0.1, -0.05) is 29.8 Å². The molecule has 24 heavy (non-hydrogen) atoms. The number of nitrogen functional groups attached to an aromatic ring is 1. The van der Waals surface area contributed by atoms with Crippen molar-refractivity contribution in [2.75, 3.05) is 31.9 Å². The smallest absolute Gasteiger partial charge is 0.227 e. The van der Waals surface area contributed by atoms with E-state index in [0.29, 0.717) is 11.6 Å². The van der Waals surface area contributed by atoms with Crippen molar-refractivity contribution in [1.82, 2.24) is 14.8 Å². The number of rotatable bonds is 4. The molecule has 1 aromatic carbocycles. The van der Waals surface area contributed by atoms with Crippen molar-refractivity contribution in [3.8, 4) is 0 Å². The zero-order valence-electron chi connectivity index (χ0n) is 13.8. The van der Waals surface area contributed by atoms with E-state index < -0.39 is 0 Å². The number of amides is 1. The molecule has 5 nitrogen and oxygen atoms in total. The molecule has 0 bridgehead atoms. The van der Waals surface area contributed by atoms with Gasteiger partial charge in [0.1, 0.15) is 0 Å². The van der Waals surface area contributed by atoms with Gasteiger partial charge in [0, 0.05) is 43.8 Å². The number of nitrogens with two attached hydrogens (primary N) is 1. The molecule has 7 heteroatoms. The standard InChI is InChI=1S/C17H22N4OS.ClH/c1-13-2-4-14(5-3-13)10-16(22)21-8-6-20(7-9-21)12-15-11-19-17(18)23-15;/h2-5,11H,6-10,12H2,1H3,(H2,18,19);1H. The van der Waals surface area contributed by atoms with Gasteiger partial charge in [0.05, 0.1) is 6.42 Å². The summed E-state index contributed by atoms with van der Waals surface area (Å²) in [6.45, 7) is 6.31. The molecule has 3 rings (SSSR count). The van der Waals surface area contributed by atoms with Crippen LogP contribution in [0.25, 0.3) is 0 Å². The zero-order chi connectivity index (χ0) is 16.2. The predicted molar refractivity (Wildman–Crippen MR) is 101 cm³/mol. The van der Waals surface area contributed by atoms with Gasteiger partial charge in [0.15, 0.2) is 5.13 Å². The first-order chi connectivity index (χ1) is 11.1. The highest BCUT2D eigenvalue weighted by Crippen LogP contribution is 2.17. The molecule has 2 aromatic rings. The van der Waals surface area contributed by atoms with Gasteiger partial charge in [-0.05, 0) is 12.5 Å². The summed E-state index contributed by atoms with van der Waals surface area (Å²) in [6.07, 6.45) is 2.33. The summed E-state index contributed by atoms with van der Waals surface area (Å²) in [5.41, 5.74) is 7.97. The van der Waals surface area contributed by atoms with Crippen LogP contribution in [0.4, 0.5) is 5.13 Å². The Bertz CT molecular complexity index is 665. The quantitative estimate of drug-likeness (QED) is 0.902. The number of anilines is 1. The van der Waals surface area contributed by atoms with Crippen LogP contribution < -0.4 is 5.73 Å². The van der Waals surface area contributed by atoms with Crippen molar-refractivity contribution in [2.24, 2.45) is 0 Å². The second-order valence-corrected chi connectivity index (χ2v) is 7.13. The molecule has 2 N–H and O–H groups in total. The SMILES string of the molecule is Cc1ccc(CC(=O)N2CCN(Cc3cnc(N)s3)CC2)cc1.Cl. The number of nitrogens with zero attached hydrogens (tertiary/aromatic N) is 3. The first-order valence-corrected chi connectivity index (χ1v) is 8.67. The van der Waals surface area contributed by atoms with E-state index in [1.807, 2.05) is 23.2 Å². The minimum Gasteiger partial charge on any atom is -0.375 e. The number of aryl methyl sites for hydroxylation is 1. The van der Waals surface area contributed by atoms with Crippen LogP contribution >= 0.6 is 23.7 Å². The molecule has 0 saturated carbocycles. The van der Waals surface area contributed by atoms with Crippen LogP contribution in [0.2, 0.25) is 0 Å². The lowest BCUT2D eigenvalue weighted by Crippen LogP contribution is -2.48. The van der Waals surface area contributed by atoms with Gasteiger partial charge in [-0.15, -0.1) is 23.7 Å². The molecule has 1 aliphatic heterocycles. The van der Waals surface area contributed by atoms with E-state index >= 15 is 0 Å². The Kier molecular flexibility index (Phi) is 6.60. The number of thiazole rings is 1. The monoisotopic (exact) mass is 366 g/mol. The summed E-state index contributed by atoms with van der Waals surface area (Å²) in [6, 6.07) is 8.19. The molecule has 1 aliphatic rings. The molecule has 0 atom stereocenters. The Morgan fingerprint density at radius 3 is 2.46 bits per heavy atom. The maximum atomic E-state index is 12.4. The molecule has 1 amide bonds. The molecule has 0 aliphatic carbocycles. The van der Waals surface area contributed by atoms with Crippen molar-refractivity contribution < 1.29 is 4.79 Å². The summed E-state index contributed by atoms with van der Waals surface area (Å²) >= 11 is 1.54. The highest BCUT2D eigenvalue weighted by atomic mass is 35.5. The fraction of sp³-hybridized carbons (Fsp3) is 0.412. The third-order valence-electron chi connectivity index (χ3n) is 4.15. The van der Waals surface area contributed by atoms with E-state index in [9.17, 15) is 4.79 Å². The van der Waals surface area contributed by atoms with Crippen LogP contribution in [0.5, 0.6) is 0 Å². The van der Waals surface area contributed by atoms with Gasteiger partial charge in [0.25, 0.3) is 0 Å². The summed E-state index contributed by atoms with van der Waals surface area (Å²) in [5, 5.41) is 0.618. The van der Waals surface area contributed by atoms with Gasteiger partial charge in [0.2, 0.25) is 5.91 Å². The lowest BCUT2D eigenvalue weighted by molar-refractivity contribution is -0.132. The molecule has 1 aromatic heterocycles. The third kappa shape index (κ3) is 4.93. The van der Waals surface area contributed by atoms with Gasteiger partial charge >= 0.3 is 0 Å². The lowest BCUT2D eigenvalue weighted by Gasteiger charge is -2.34. The predicted octanol–water partition coefficient (Wildman–Crippen LogP) is 2.34. The molecule has 0 spiro atoms. The average Bonchev–Trinajstić information content (AvgIpc) is 2.95. The van der Waals surface area contributed by atoms with Crippen LogP contribution in [-0.2, 0) is 17.8 Å². The first kappa shape index (κ1) is 18.7. The number of benzene rings is 1. The second-order valence-electron chi connectivity index (χ2n) is 5.98. The minimum absolute atomic E-state index is 0. The Labute approximate surface area is 152 Å². The van der Waals surface area contributed by atoms with E-state index in [-0.39, 0.29) is 18.3 Å². The molecule has 2 heterocycles. The number of aromatic nitrogens is 1. The number of halogens is 1. The normalized spacial score (nSPS) is 15.1. The maximum absolute atomic E-state index is 12.4. The molecular weight excluding hydrogens is 344 g/mol. The van der Waals surface area contributed by atoms with Crippen molar-refractivity contribution in [3.05, 3.63) is 46.5 Å². The number of hydrogen-bond donors (Lipinski definition) is 1. The van der Waals surface area contributed by atoms with Crippen LogP contribution in [0, 0.1) is 6.92 Å². The van der Waals surface area contributed by atoms with E-state index in [1.54, 1.807) is 0 Å². The molecule has 0 radical (unpaired) electrons. The lowest BCUT2D eigenvalue weighted by atomic mass is 10.1. The highest BCUT2D eigenvalue weighted by Gasteiger charge is 2.21. The molecule has 0 unspecified atom stereocenters. The second kappa shape index (κ2) is 8.46. The zero-order valence-corrected chi connectivity index (χ0v) is 15.4. The van der Waals surface area contributed by atoms with Crippen LogP contribution in [0.1, 0.15) is 16.0 Å². The van der Waals surface area contributed by atoms with E-state index in [0.717, 1.165) is 38.3 Å². The largest absolute Gasteiger partial charge is 0.375 e. The summed E-state index contributed by atoms with van der Waals surface area (Å²) in [5.74, 6) is 0.218. The van der Waals surface area contributed by atoms with Crippen LogP contribution in [0.15, 0.2) is 30.5 Å². The van der Waals surface area contributed by atoms with Crippen molar-refractivity contribution in [3.63, 3.8) is 0 Å². The number of carbonyl (C=O) groups excluding carboxylic acids is 1. The maximum Gasteiger partial charge on any atom is 0.227 e. The summed E-state index contributed by atoms with van der Waals surface area (Å²) in [4.78, 5) is 22.0. The Morgan fingerprint density at radius 1 is 1.21 bits per heavy atom. The van der Waals surface area contributed by atoms with E-state index in [2.05, 4.69) is 28.9 Å². The van der Waals surface area contributed by atoms with Gasteiger partial charge in [-0.3, -0.25) is 9.69 Å². The minimum atomic E-state index is 0. The van der Waals surface area contributed by atoms with Crippen molar-refractivity contribution in [2.45, 2.75) is 19.9 Å². The van der Waals surface area contributed by atoms with Gasteiger partial charge in [-0.25, -0.2) is 4.98 Å². The number of piperazine rings is 1. The molecule has 1 fully saturated rings. The number of hydrogen-bond acceptors (Lipinski definition) is 5. The van der Waals surface area contributed by atoms with Gasteiger partial charge < -0.3 is 10.6 Å². The Morgan fingerprint density at radius 2 is 1.88 bits per heavy atom. The fourth-order valence-electron chi connectivity index (χ4n) is 2.76. The van der Waals surface area contributed by atoms with Crippen molar-refractivity contribution >= 4 is 34.8 Å². The topological polar surface area (TPSA) is 62.5 Å². The highest BCUT2D eigenvalue weighted by molar-refractivity contribution is 7.15. The molecule has 130 valence electrons. The van der Waals surface area contributed by atoms with Crippen LogP contribution in [-0.4, -0.2) is 46.9 Å². The van der Waals surface area contributed by atoms with Crippen molar-refractivity contribution in [1.29, 1.82) is 0 Å². The van der Waals surface area contributed by atoms with E-state index in [1.165, 1.54) is 21.8 Å². The van der Waals surface area contributed by atoms with E-state index in [4.69, 9.17) is 5.73 Å². The molecular formula is C17H23ClN4OS. The summed E-state index contributed by atoms with van der Waals surface area (Å²) in [7, 11) is 0. The average molecular weight is 367 g/mol. The Balaban J connectivity index is 0.00000208. The number of carbonyl (C=O) groups is 1.